The third-order valence-electron chi connectivity index (χ3n) is 7.50. The van der Waals surface area contributed by atoms with Crippen molar-refractivity contribution in [3.05, 3.63) is 53.6 Å². The number of carbonyl (C=O) groups is 1. The maximum atomic E-state index is 13.2. The monoisotopic (exact) mass is 448 g/mol. The lowest BCUT2D eigenvalue weighted by Crippen LogP contribution is -2.42. The summed E-state index contributed by atoms with van der Waals surface area (Å²) in [6, 6.07) is 15.1. The van der Waals surface area contributed by atoms with Gasteiger partial charge >= 0.3 is 0 Å². The lowest BCUT2D eigenvalue weighted by Gasteiger charge is -2.30. The lowest BCUT2D eigenvalue weighted by molar-refractivity contribution is 0.0679. The summed E-state index contributed by atoms with van der Waals surface area (Å²) in [7, 11) is 0. The van der Waals surface area contributed by atoms with Crippen LogP contribution in [0.1, 0.15) is 54.4 Å². The molecule has 3 saturated heterocycles. The summed E-state index contributed by atoms with van der Waals surface area (Å²) in [5, 5.41) is 3.66. The van der Waals surface area contributed by atoms with Crippen LogP contribution in [-0.2, 0) is 11.2 Å². The van der Waals surface area contributed by atoms with Crippen LogP contribution in [-0.4, -0.2) is 50.0 Å². The zero-order valence-electron chi connectivity index (χ0n) is 19.0. The van der Waals surface area contributed by atoms with Crippen LogP contribution in [0.25, 0.3) is 0 Å². The topological polar surface area (TPSA) is 60.0 Å². The van der Waals surface area contributed by atoms with Crippen LogP contribution < -0.4 is 19.7 Å². The molecule has 4 aliphatic heterocycles. The van der Waals surface area contributed by atoms with E-state index in [4.69, 9.17) is 14.2 Å². The maximum absolute atomic E-state index is 13.2. The second-order valence-corrected chi connectivity index (χ2v) is 9.81. The molecule has 6 heteroatoms. The average molecular weight is 449 g/mol. The molecule has 2 aromatic rings. The molecule has 4 aliphatic rings. The van der Waals surface area contributed by atoms with E-state index >= 15 is 0 Å². The second-order valence-electron chi connectivity index (χ2n) is 9.81. The van der Waals surface area contributed by atoms with Crippen molar-refractivity contribution in [1.82, 2.24) is 5.32 Å². The van der Waals surface area contributed by atoms with Crippen molar-refractivity contribution < 1.29 is 19.0 Å². The van der Waals surface area contributed by atoms with Crippen molar-refractivity contribution in [1.29, 1.82) is 0 Å². The molecule has 6 nitrogen and oxygen atoms in total. The van der Waals surface area contributed by atoms with Crippen LogP contribution >= 0.6 is 0 Å². The first-order valence-corrected chi connectivity index (χ1v) is 12.4. The Labute approximate surface area is 195 Å². The minimum Gasteiger partial charge on any atom is -0.491 e. The highest BCUT2D eigenvalue weighted by atomic mass is 16.5. The Morgan fingerprint density at radius 3 is 2.55 bits per heavy atom. The highest BCUT2D eigenvalue weighted by Gasteiger charge is 2.34. The molecule has 3 fully saturated rings. The Morgan fingerprint density at radius 2 is 1.79 bits per heavy atom. The number of rotatable bonds is 6. The van der Waals surface area contributed by atoms with Gasteiger partial charge < -0.3 is 24.4 Å². The lowest BCUT2D eigenvalue weighted by atomic mass is 9.98. The highest BCUT2D eigenvalue weighted by Crippen LogP contribution is 2.32. The zero-order valence-corrected chi connectivity index (χ0v) is 19.0. The molecule has 0 aromatic heterocycles. The number of fused-ring (bicyclic) bond motifs is 3. The number of benzene rings is 2. The number of ether oxygens (including phenoxy) is 3. The van der Waals surface area contributed by atoms with Gasteiger partial charge in [-0.05, 0) is 93.0 Å². The maximum Gasteiger partial charge on any atom is 0.258 e. The Kier molecular flexibility index (Phi) is 5.72. The summed E-state index contributed by atoms with van der Waals surface area (Å²) >= 11 is 0. The van der Waals surface area contributed by atoms with Gasteiger partial charge in [0.1, 0.15) is 24.2 Å². The smallest absolute Gasteiger partial charge is 0.258 e. The summed E-state index contributed by atoms with van der Waals surface area (Å²) in [6.45, 7) is 2.07. The average Bonchev–Trinajstić information content (AvgIpc) is 3.48. The molecule has 1 N–H and O–H groups in total. The van der Waals surface area contributed by atoms with Gasteiger partial charge in [-0.25, -0.2) is 0 Å². The summed E-state index contributed by atoms with van der Waals surface area (Å²) in [4.78, 5) is 15.1. The number of piperidine rings is 1. The normalized spacial score (nSPS) is 28.6. The quantitative estimate of drug-likeness (QED) is 0.721. The van der Waals surface area contributed by atoms with E-state index in [1.54, 1.807) is 0 Å². The fraction of sp³-hybridized carbons (Fsp3) is 0.519. The molecular formula is C27H32N2O4. The molecule has 174 valence electrons. The molecule has 0 aliphatic carbocycles. The van der Waals surface area contributed by atoms with Crippen LogP contribution in [0.4, 0.5) is 5.69 Å². The Balaban J connectivity index is 1.09. The minimum atomic E-state index is 0.0468. The Hall–Kier alpha value is -2.57. The third kappa shape index (κ3) is 4.46. The van der Waals surface area contributed by atoms with Gasteiger partial charge in [-0.3, -0.25) is 4.79 Å². The van der Waals surface area contributed by atoms with E-state index in [0.29, 0.717) is 25.2 Å². The van der Waals surface area contributed by atoms with Crippen molar-refractivity contribution in [2.45, 2.75) is 69.2 Å². The molecule has 6 rings (SSSR count). The number of amides is 1. The second kappa shape index (κ2) is 8.99. The minimum absolute atomic E-state index is 0.0468. The van der Waals surface area contributed by atoms with Gasteiger partial charge in [-0.2, -0.15) is 0 Å². The number of nitrogens with one attached hydrogen (secondary N) is 1. The number of anilines is 1. The SMILES string of the molecule is O=C1c2ccc(OCC3CCCO3)cc2CCN1c1ccc(OC2CC3CCC(C2)N3)cc1. The fourth-order valence-corrected chi connectivity index (χ4v) is 5.76. The van der Waals surface area contributed by atoms with Gasteiger partial charge in [0.15, 0.2) is 0 Å². The van der Waals surface area contributed by atoms with Crippen molar-refractivity contribution in [3.63, 3.8) is 0 Å². The van der Waals surface area contributed by atoms with Gasteiger partial charge in [0.25, 0.3) is 5.91 Å². The first kappa shape index (κ1) is 21.0. The molecule has 2 bridgehead atoms. The van der Waals surface area contributed by atoms with Gasteiger partial charge in [-0.15, -0.1) is 0 Å². The van der Waals surface area contributed by atoms with E-state index in [-0.39, 0.29) is 18.1 Å². The van der Waals surface area contributed by atoms with Gasteiger partial charge in [0.2, 0.25) is 0 Å². The number of hydrogen-bond acceptors (Lipinski definition) is 5. The van der Waals surface area contributed by atoms with Crippen LogP contribution in [0.2, 0.25) is 0 Å². The van der Waals surface area contributed by atoms with E-state index in [1.165, 1.54) is 12.8 Å². The van der Waals surface area contributed by atoms with E-state index in [9.17, 15) is 4.79 Å². The molecule has 1 amide bonds. The predicted octanol–water partition coefficient (Wildman–Crippen LogP) is 4.11. The summed E-state index contributed by atoms with van der Waals surface area (Å²) in [5.41, 5.74) is 2.74. The summed E-state index contributed by atoms with van der Waals surface area (Å²) in [6.07, 6.45) is 8.15. The standard InChI is InChI=1S/C27H32N2O4/c30-27-26-10-9-23(32-17-24-2-1-13-31-24)14-18(26)11-12-29(27)21-5-7-22(8-6-21)33-25-15-19-3-4-20(16-25)28-19/h5-10,14,19-20,24-25,28H,1-4,11-13,15-17H2. The Morgan fingerprint density at radius 1 is 1.00 bits per heavy atom. The largest absolute Gasteiger partial charge is 0.491 e. The molecular weight excluding hydrogens is 416 g/mol. The van der Waals surface area contributed by atoms with Crippen LogP contribution in [0.3, 0.4) is 0 Å². The molecule has 3 atom stereocenters. The molecule has 0 spiro atoms. The number of carbonyl (C=O) groups excluding carboxylic acids is 1. The number of hydrogen-bond donors (Lipinski definition) is 1. The van der Waals surface area contributed by atoms with Gasteiger partial charge in [0, 0.05) is 36.5 Å². The molecule has 2 aromatic carbocycles. The molecule has 3 unspecified atom stereocenters. The predicted molar refractivity (Wildman–Crippen MR) is 126 cm³/mol. The third-order valence-corrected chi connectivity index (χ3v) is 7.50. The first-order valence-electron chi connectivity index (χ1n) is 12.4. The van der Waals surface area contributed by atoms with E-state index in [2.05, 4.69) is 5.32 Å². The van der Waals surface area contributed by atoms with Crippen molar-refractivity contribution in [2.24, 2.45) is 0 Å². The Bertz CT molecular complexity index is 990. The summed E-state index contributed by atoms with van der Waals surface area (Å²) in [5.74, 6) is 1.76. The van der Waals surface area contributed by atoms with Crippen LogP contribution in [0.15, 0.2) is 42.5 Å². The summed E-state index contributed by atoms with van der Waals surface area (Å²) < 4.78 is 17.8. The molecule has 0 saturated carbocycles. The van der Waals surface area contributed by atoms with Crippen molar-refractivity contribution in [3.8, 4) is 11.5 Å². The highest BCUT2D eigenvalue weighted by molar-refractivity contribution is 6.08. The van der Waals surface area contributed by atoms with Crippen molar-refractivity contribution in [2.75, 3.05) is 24.7 Å². The van der Waals surface area contributed by atoms with E-state index < -0.39 is 0 Å². The number of nitrogens with zero attached hydrogens (tertiary/aromatic N) is 1. The zero-order chi connectivity index (χ0) is 22.2. The van der Waals surface area contributed by atoms with Crippen LogP contribution in [0, 0.1) is 0 Å². The molecule has 0 radical (unpaired) electrons. The first-order chi connectivity index (χ1) is 16.2. The van der Waals surface area contributed by atoms with E-state index in [1.807, 2.05) is 47.4 Å². The molecule has 4 heterocycles. The molecule has 33 heavy (non-hydrogen) atoms. The van der Waals surface area contributed by atoms with Gasteiger partial charge in [0.05, 0.1) is 6.10 Å². The fourth-order valence-electron chi connectivity index (χ4n) is 5.76. The van der Waals surface area contributed by atoms with E-state index in [0.717, 1.165) is 67.0 Å². The van der Waals surface area contributed by atoms with Crippen LogP contribution in [0.5, 0.6) is 11.5 Å². The van der Waals surface area contributed by atoms with Crippen molar-refractivity contribution >= 4 is 11.6 Å². The van der Waals surface area contributed by atoms with Gasteiger partial charge in [-0.1, -0.05) is 0 Å².